The van der Waals surface area contributed by atoms with Crippen LogP contribution in [0.25, 0.3) is 0 Å². The van der Waals surface area contributed by atoms with Gasteiger partial charge in [-0.15, -0.1) is 0 Å². The number of carbonyl (C=O) groups excluding carboxylic acids is 2. The summed E-state index contributed by atoms with van der Waals surface area (Å²) in [5.41, 5.74) is 0. The minimum Gasteiger partial charge on any atom is -0.354 e. The molecule has 2 rings (SSSR count). The second kappa shape index (κ2) is 7.75. The Bertz CT molecular complexity index is 359. The minimum atomic E-state index is -0.0605. The van der Waals surface area contributed by atoms with Crippen LogP contribution in [-0.4, -0.2) is 73.0 Å². The third-order valence-electron chi connectivity index (χ3n) is 4.41. The van der Waals surface area contributed by atoms with Crippen molar-refractivity contribution in [2.45, 2.75) is 45.2 Å². The number of nitrogens with zero attached hydrogens (tertiary/aromatic N) is 2. The highest BCUT2D eigenvalue weighted by Crippen LogP contribution is 2.07. The molecule has 2 aliphatic heterocycles. The maximum atomic E-state index is 12.1. The van der Waals surface area contributed by atoms with Gasteiger partial charge in [0.05, 0.1) is 6.04 Å². The van der Waals surface area contributed by atoms with Crippen LogP contribution in [0.4, 0.5) is 0 Å². The lowest BCUT2D eigenvalue weighted by Crippen LogP contribution is -2.51. The molecule has 0 saturated carbocycles. The summed E-state index contributed by atoms with van der Waals surface area (Å²) in [6.07, 6.45) is 2.36. The standard InChI is InChI=1S/C15H28N4O2/c1-12(2)18-8-10-19(11-9-18)14(20)5-7-17-15(21)13-4-3-6-16-13/h12-13,16H,3-11H2,1-2H3,(H,17,21). The molecule has 0 radical (unpaired) electrons. The molecule has 6 heteroatoms. The lowest BCUT2D eigenvalue weighted by molar-refractivity contribution is -0.133. The summed E-state index contributed by atoms with van der Waals surface area (Å²) in [5.74, 6) is 0.183. The number of hydrogen-bond donors (Lipinski definition) is 2. The van der Waals surface area contributed by atoms with Gasteiger partial charge < -0.3 is 15.5 Å². The van der Waals surface area contributed by atoms with E-state index >= 15 is 0 Å². The van der Waals surface area contributed by atoms with Crippen molar-refractivity contribution in [3.63, 3.8) is 0 Å². The van der Waals surface area contributed by atoms with E-state index < -0.39 is 0 Å². The van der Waals surface area contributed by atoms with Crippen LogP contribution < -0.4 is 10.6 Å². The lowest BCUT2D eigenvalue weighted by Gasteiger charge is -2.37. The fraction of sp³-hybridized carbons (Fsp3) is 0.867. The molecule has 0 bridgehead atoms. The van der Waals surface area contributed by atoms with Gasteiger partial charge >= 0.3 is 0 Å². The molecule has 2 aliphatic rings. The first-order valence-electron chi connectivity index (χ1n) is 8.11. The molecular weight excluding hydrogens is 268 g/mol. The van der Waals surface area contributed by atoms with Gasteiger partial charge in [-0.1, -0.05) is 0 Å². The van der Waals surface area contributed by atoms with Gasteiger partial charge in [0, 0.05) is 45.2 Å². The lowest BCUT2D eigenvalue weighted by atomic mass is 10.2. The molecule has 2 amide bonds. The molecule has 0 aliphatic carbocycles. The van der Waals surface area contributed by atoms with Crippen molar-refractivity contribution < 1.29 is 9.59 Å². The van der Waals surface area contributed by atoms with Crippen molar-refractivity contribution in [2.24, 2.45) is 0 Å². The first kappa shape index (κ1) is 16.2. The Morgan fingerprint density at radius 2 is 1.95 bits per heavy atom. The van der Waals surface area contributed by atoms with Gasteiger partial charge in [0.2, 0.25) is 11.8 Å². The largest absolute Gasteiger partial charge is 0.354 e. The summed E-state index contributed by atoms with van der Waals surface area (Å²) in [5, 5.41) is 6.02. The monoisotopic (exact) mass is 296 g/mol. The molecular formula is C15H28N4O2. The van der Waals surface area contributed by atoms with E-state index in [2.05, 4.69) is 29.4 Å². The smallest absolute Gasteiger partial charge is 0.237 e. The number of nitrogens with one attached hydrogen (secondary N) is 2. The summed E-state index contributed by atoms with van der Waals surface area (Å²) >= 11 is 0. The van der Waals surface area contributed by atoms with E-state index in [0.29, 0.717) is 19.0 Å². The second-order valence-electron chi connectivity index (χ2n) is 6.20. The van der Waals surface area contributed by atoms with Gasteiger partial charge in [0.25, 0.3) is 0 Å². The van der Waals surface area contributed by atoms with E-state index in [1.54, 1.807) is 0 Å². The SMILES string of the molecule is CC(C)N1CCN(C(=O)CCNC(=O)C2CCCN2)CC1. The van der Waals surface area contributed by atoms with Crippen molar-refractivity contribution in [1.82, 2.24) is 20.4 Å². The Hall–Kier alpha value is -1.14. The number of rotatable bonds is 5. The quantitative estimate of drug-likeness (QED) is 0.737. The third kappa shape index (κ3) is 4.68. The number of amides is 2. The van der Waals surface area contributed by atoms with Gasteiger partial charge in [0.1, 0.15) is 0 Å². The maximum absolute atomic E-state index is 12.1. The predicted octanol–water partition coefficient (Wildman–Crippen LogP) is -0.203. The van der Waals surface area contributed by atoms with Crippen molar-refractivity contribution in [3.8, 4) is 0 Å². The Balaban J connectivity index is 1.62. The van der Waals surface area contributed by atoms with Crippen molar-refractivity contribution in [3.05, 3.63) is 0 Å². The van der Waals surface area contributed by atoms with Gasteiger partial charge in [-0.05, 0) is 33.2 Å². The van der Waals surface area contributed by atoms with Crippen LogP contribution in [-0.2, 0) is 9.59 Å². The van der Waals surface area contributed by atoms with Crippen molar-refractivity contribution in [1.29, 1.82) is 0 Å². The predicted molar refractivity (Wildman–Crippen MR) is 81.9 cm³/mol. The Morgan fingerprint density at radius 1 is 1.24 bits per heavy atom. The number of hydrogen-bond acceptors (Lipinski definition) is 4. The van der Waals surface area contributed by atoms with E-state index in [4.69, 9.17) is 0 Å². The summed E-state index contributed by atoms with van der Waals surface area (Å²) in [6.45, 7) is 9.22. The van der Waals surface area contributed by atoms with E-state index in [9.17, 15) is 9.59 Å². The van der Waals surface area contributed by atoms with E-state index in [1.807, 2.05) is 4.90 Å². The zero-order valence-corrected chi connectivity index (χ0v) is 13.2. The van der Waals surface area contributed by atoms with Gasteiger partial charge in [-0.25, -0.2) is 0 Å². The van der Waals surface area contributed by atoms with Crippen molar-refractivity contribution in [2.75, 3.05) is 39.3 Å². The molecule has 6 nitrogen and oxygen atoms in total. The zero-order valence-electron chi connectivity index (χ0n) is 13.2. The average molecular weight is 296 g/mol. The average Bonchev–Trinajstić information content (AvgIpc) is 3.01. The van der Waals surface area contributed by atoms with Crippen LogP contribution in [0.1, 0.15) is 33.1 Å². The van der Waals surface area contributed by atoms with Crippen molar-refractivity contribution >= 4 is 11.8 Å². The summed E-state index contributed by atoms with van der Waals surface area (Å²) in [7, 11) is 0. The van der Waals surface area contributed by atoms with Gasteiger partial charge in [0.15, 0.2) is 0 Å². The topological polar surface area (TPSA) is 64.7 Å². The van der Waals surface area contributed by atoms with Crippen LogP contribution in [0.5, 0.6) is 0 Å². The Kier molecular flexibility index (Phi) is 5.99. The molecule has 0 aromatic rings. The summed E-state index contributed by atoms with van der Waals surface area (Å²) in [4.78, 5) is 28.2. The number of carbonyl (C=O) groups is 2. The molecule has 1 atom stereocenters. The van der Waals surface area contributed by atoms with Crippen LogP contribution in [0.2, 0.25) is 0 Å². The van der Waals surface area contributed by atoms with E-state index in [1.165, 1.54) is 0 Å². The highest BCUT2D eigenvalue weighted by atomic mass is 16.2. The Morgan fingerprint density at radius 3 is 2.52 bits per heavy atom. The van der Waals surface area contributed by atoms with E-state index in [0.717, 1.165) is 45.6 Å². The highest BCUT2D eigenvalue weighted by molar-refractivity contribution is 5.83. The molecule has 2 saturated heterocycles. The van der Waals surface area contributed by atoms with Crippen LogP contribution in [0.15, 0.2) is 0 Å². The molecule has 2 N–H and O–H groups in total. The Labute approximate surface area is 127 Å². The first-order valence-corrected chi connectivity index (χ1v) is 8.11. The molecule has 0 aromatic carbocycles. The highest BCUT2D eigenvalue weighted by Gasteiger charge is 2.24. The molecule has 21 heavy (non-hydrogen) atoms. The van der Waals surface area contributed by atoms with Crippen LogP contribution in [0, 0.1) is 0 Å². The van der Waals surface area contributed by atoms with Gasteiger partial charge in [-0.2, -0.15) is 0 Å². The second-order valence-corrected chi connectivity index (χ2v) is 6.20. The van der Waals surface area contributed by atoms with Crippen LogP contribution in [0.3, 0.4) is 0 Å². The zero-order chi connectivity index (χ0) is 15.2. The summed E-state index contributed by atoms with van der Waals surface area (Å²) in [6, 6.07) is 0.482. The van der Waals surface area contributed by atoms with E-state index in [-0.39, 0.29) is 17.9 Å². The normalized spacial score (nSPS) is 23.6. The third-order valence-corrected chi connectivity index (χ3v) is 4.41. The first-order chi connectivity index (χ1) is 10.1. The molecule has 0 spiro atoms. The minimum absolute atomic E-state index is 0.0323. The molecule has 2 heterocycles. The number of piperazine rings is 1. The molecule has 0 aromatic heterocycles. The molecule has 120 valence electrons. The molecule has 1 unspecified atom stereocenters. The fourth-order valence-electron chi connectivity index (χ4n) is 2.97. The maximum Gasteiger partial charge on any atom is 0.237 e. The fourth-order valence-corrected chi connectivity index (χ4v) is 2.97. The summed E-state index contributed by atoms with van der Waals surface area (Å²) < 4.78 is 0. The van der Waals surface area contributed by atoms with Gasteiger partial charge in [-0.3, -0.25) is 14.5 Å². The molecule has 2 fully saturated rings. The van der Waals surface area contributed by atoms with Crippen LogP contribution >= 0.6 is 0 Å².